The highest BCUT2D eigenvalue weighted by Gasteiger charge is 2.16. The number of amides is 1. The largest absolute Gasteiger partial charge is 0.349 e. The van der Waals surface area contributed by atoms with Crippen molar-refractivity contribution >= 4 is 5.91 Å². The molecular weight excluding hydrogens is 138 g/mol. The summed E-state index contributed by atoms with van der Waals surface area (Å²) in [6, 6.07) is 0. The van der Waals surface area contributed by atoms with E-state index >= 15 is 0 Å². The van der Waals surface area contributed by atoms with Gasteiger partial charge in [0.05, 0.1) is 0 Å². The zero-order valence-electron chi connectivity index (χ0n) is 7.56. The van der Waals surface area contributed by atoms with Crippen LogP contribution in [0, 0.1) is 5.41 Å². The molecule has 2 nitrogen and oxygen atoms in total. The molecule has 0 aliphatic carbocycles. The number of rotatable bonds is 1. The summed E-state index contributed by atoms with van der Waals surface area (Å²) in [4.78, 5) is 12.7. The fourth-order valence-corrected chi connectivity index (χ4v) is 0.612. The fourth-order valence-electron chi connectivity index (χ4n) is 0.612. The lowest BCUT2D eigenvalue weighted by atomic mass is 9.92. The maximum Gasteiger partial charge on any atom is 0.222 e. The van der Waals surface area contributed by atoms with Crippen LogP contribution in [0.1, 0.15) is 34.6 Å². The van der Waals surface area contributed by atoms with Crippen LogP contribution in [0.5, 0.6) is 0 Å². The van der Waals surface area contributed by atoms with Gasteiger partial charge in [0.25, 0.3) is 0 Å². The first-order chi connectivity index (χ1) is 4.33. The molecule has 0 bridgehead atoms. The van der Waals surface area contributed by atoms with Crippen molar-refractivity contribution in [2.45, 2.75) is 34.6 Å². The smallest absolute Gasteiger partial charge is 0.222 e. The topological polar surface area (TPSA) is 20.3 Å². The van der Waals surface area contributed by atoms with E-state index in [1.54, 1.807) is 19.0 Å². The molecule has 0 aliphatic rings. The third-order valence-corrected chi connectivity index (χ3v) is 1.18. The number of hydrogen-bond acceptors (Lipinski definition) is 1. The van der Waals surface area contributed by atoms with Gasteiger partial charge >= 0.3 is 0 Å². The molecule has 0 aromatic heterocycles. The fraction of sp³-hybridized carbons (Fsp3) is 0.889. The quantitative estimate of drug-likeness (QED) is 0.574. The van der Waals surface area contributed by atoms with Crippen molar-refractivity contribution in [2.24, 2.45) is 5.41 Å². The van der Waals surface area contributed by atoms with Crippen LogP contribution in [0.15, 0.2) is 0 Å². The Labute approximate surface area is 70.6 Å². The maximum atomic E-state index is 11.1. The Morgan fingerprint density at radius 3 is 1.73 bits per heavy atom. The Bertz CT molecular complexity index is 122. The summed E-state index contributed by atoms with van der Waals surface area (Å²) in [5, 5.41) is 0. The first kappa shape index (κ1) is 13.1. The van der Waals surface area contributed by atoms with Gasteiger partial charge in [-0.2, -0.15) is 0 Å². The van der Waals surface area contributed by atoms with Crippen LogP contribution < -0.4 is 0 Å². The first-order valence-corrected chi connectivity index (χ1v) is 3.53. The molecule has 11 heavy (non-hydrogen) atoms. The molecule has 0 heterocycles. The zero-order chi connectivity index (χ0) is 8.36. The molecular formula is C9H21NO. The van der Waals surface area contributed by atoms with Crippen molar-refractivity contribution < 1.29 is 4.79 Å². The summed E-state index contributed by atoms with van der Waals surface area (Å²) >= 11 is 0. The Kier molecular flexibility index (Phi) is 5.20. The lowest BCUT2D eigenvalue weighted by Gasteiger charge is -2.19. The van der Waals surface area contributed by atoms with Gasteiger partial charge in [-0.1, -0.05) is 28.2 Å². The Morgan fingerprint density at radius 1 is 1.27 bits per heavy atom. The Morgan fingerprint density at radius 2 is 1.64 bits per heavy atom. The third-order valence-electron chi connectivity index (χ3n) is 1.18. The summed E-state index contributed by atoms with van der Waals surface area (Å²) in [6.07, 6.45) is 0.625. The van der Waals surface area contributed by atoms with Crippen LogP contribution in [-0.4, -0.2) is 24.9 Å². The minimum absolute atomic E-state index is 0. The predicted octanol–water partition coefficient (Wildman–Crippen LogP) is 2.15. The van der Waals surface area contributed by atoms with Gasteiger partial charge in [-0.3, -0.25) is 4.79 Å². The molecule has 0 rings (SSSR count). The number of carbonyl (C=O) groups is 1. The second-order valence-corrected chi connectivity index (χ2v) is 4.03. The highest BCUT2D eigenvalue weighted by atomic mass is 16.2. The molecule has 1 amide bonds. The molecule has 0 unspecified atom stereocenters. The minimum Gasteiger partial charge on any atom is -0.349 e. The van der Waals surface area contributed by atoms with Crippen LogP contribution in [-0.2, 0) is 4.79 Å². The molecule has 0 radical (unpaired) electrons. The molecule has 0 saturated heterocycles. The minimum atomic E-state index is 0. The third kappa shape index (κ3) is 7.37. The summed E-state index contributed by atoms with van der Waals surface area (Å²) < 4.78 is 0. The van der Waals surface area contributed by atoms with E-state index in [1.165, 1.54) is 0 Å². The van der Waals surface area contributed by atoms with Gasteiger partial charge in [0, 0.05) is 20.5 Å². The van der Waals surface area contributed by atoms with Crippen molar-refractivity contribution in [3.63, 3.8) is 0 Å². The molecule has 0 aromatic rings. The van der Waals surface area contributed by atoms with Crippen molar-refractivity contribution in [2.75, 3.05) is 14.1 Å². The highest BCUT2D eigenvalue weighted by Crippen LogP contribution is 2.18. The zero-order valence-corrected chi connectivity index (χ0v) is 7.56. The standard InChI is InChI=1S/C8H17NO.CH4/c1-8(2,3)6-7(10)9(4)5;/h6H2,1-5H3;1H4. The van der Waals surface area contributed by atoms with Crippen molar-refractivity contribution in [1.29, 1.82) is 0 Å². The van der Waals surface area contributed by atoms with E-state index in [0.717, 1.165) is 0 Å². The second-order valence-electron chi connectivity index (χ2n) is 4.03. The summed E-state index contributed by atoms with van der Waals surface area (Å²) in [5.41, 5.74) is 0.112. The molecule has 0 aliphatic heterocycles. The predicted molar refractivity (Wildman–Crippen MR) is 49.5 cm³/mol. The van der Waals surface area contributed by atoms with Crippen LogP contribution in [0.2, 0.25) is 0 Å². The molecule has 68 valence electrons. The number of hydrogen-bond donors (Lipinski definition) is 0. The van der Waals surface area contributed by atoms with E-state index in [2.05, 4.69) is 20.8 Å². The molecule has 0 saturated carbocycles. The van der Waals surface area contributed by atoms with E-state index in [0.29, 0.717) is 6.42 Å². The van der Waals surface area contributed by atoms with Crippen molar-refractivity contribution in [3.8, 4) is 0 Å². The van der Waals surface area contributed by atoms with Crippen LogP contribution >= 0.6 is 0 Å². The van der Waals surface area contributed by atoms with Crippen LogP contribution in [0.3, 0.4) is 0 Å². The van der Waals surface area contributed by atoms with E-state index in [4.69, 9.17) is 0 Å². The molecule has 0 aromatic carbocycles. The number of nitrogens with zero attached hydrogens (tertiary/aromatic N) is 1. The lowest BCUT2D eigenvalue weighted by molar-refractivity contribution is -0.130. The first-order valence-electron chi connectivity index (χ1n) is 3.53. The van der Waals surface area contributed by atoms with Crippen molar-refractivity contribution in [1.82, 2.24) is 4.90 Å². The molecule has 2 heteroatoms. The summed E-state index contributed by atoms with van der Waals surface area (Å²) in [5.74, 6) is 0.201. The second kappa shape index (κ2) is 4.37. The molecule has 0 N–H and O–H groups in total. The van der Waals surface area contributed by atoms with Gasteiger partial charge in [0.15, 0.2) is 0 Å². The molecule has 0 atom stereocenters. The van der Waals surface area contributed by atoms with E-state index in [1.807, 2.05) is 0 Å². The van der Waals surface area contributed by atoms with Gasteiger partial charge in [-0.05, 0) is 5.41 Å². The lowest BCUT2D eigenvalue weighted by Crippen LogP contribution is -2.26. The maximum absolute atomic E-state index is 11.1. The summed E-state index contributed by atoms with van der Waals surface area (Å²) in [6.45, 7) is 6.19. The van der Waals surface area contributed by atoms with Gasteiger partial charge in [-0.25, -0.2) is 0 Å². The van der Waals surface area contributed by atoms with Gasteiger partial charge < -0.3 is 4.90 Å². The monoisotopic (exact) mass is 159 g/mol. The van der Waals surface area contributed by atoms with Gasteiger partial charge in [-0.15, -0.1) is 0 Å². The Balaban J connectivity index is 0. The van der Waals surface area contributed by atoms with Crippen LogP contribution in [0.4, 0.5) is 0 Å². The highest BCUT2D eigenvalue weighted by molar-refractivity contribution is 5.76. The SMILES string of the molecule is C.CN(C)C(=O)CC(C)(C)C. The Hall–Kier alpha value is -0.530. The average molecular weight is 159 g/mol. The van der Waals surface area contributed by atoms with E-state index in [9.17, 15) is 4.79 Å². The molecule has 0 fully saturated rings. The summed E-state index contributed by atoms with van der Waals surface area (Å²) in [7, 11) is 3.57. The van der Waals surface area contributed by atoms with Gasteiger partial charge in [0.1, 0.15) is 0 Å². The molecule has 0 spiro atoms. The number of carbonyl (C=O) groups excluding carboxylic acids is 1. The van der Waals surface area contributed by atoms with Gasteiger partial charge in [0.2, 0.25) is 5.91 Å². The normalized spacial score (nSPS) is 10.3. The average Bonchev–Trinajstić information content (AvgIpc) is 1.60. The van der Waals surface area contributed by atoms with E-state index in [-0.39, 0.29) is 18.7 Å². The van der Waals surface area contributed by atoms with E-state index < -0.39 is 0 Å². The van der Waals surface area contributed by atoms with Crippen molar-refractivity contribution in [3.05, 3.63) is 0 Å². The van der Waals surface area contributed by atoms with Crippen LogP contribution in [0.25, 0.3) is 0 Å².